The van der Waals surface area contributed by atoms with Gasteiger partial charge in [-0.3, -0.25) is 14.6 Å². The molecule has 4 heterocycles. The van der Waals surface area contributed by atoms with Gasteiger partial charge in [0.25, 0.3) is 0 Å². The summed E-state index contributed by atoms with van der Waals surface area (Å²) in [4.78, 5) is 29.9. The zero-order valence-electron chi connectivity index (χ0n) is 23.7. The summed E-state index contributed by atoms with van der Waals surface area (Å²) < 4.78 is 70.6. The van der Waals surface area contributed by atoms with Crippen LogP contribution in [0.5, 0.6) is 0 Å². The number of carboxylic acids is 1. The van der Waals surface area contributed by atoms with E-state index in [0.717, 1.165) is 31.8 Å². The standard InChI is InChI=1S/C28H31ClF5N7O2S.CH4/c1-16-3-2-7-40(16)14-21-24(17-4-5-20(29)19(11-17)28(32,33)34)37-27(44-21)38-25-23(31)26(36-15-35-25)41-10-9-39(8-6-22(42)43)18(12-30)13-41;/h4-5,11,15-16,18H,2-3,6-10,12-14H2,1H3,(H,42,43)(H,35,36,37,38);1H4/t16-,18-;/m1./s1. The molecule has 2 aliphatic rings. The zero-order chi connectivity index (χ0) is 31.6. The van der Waals surface area contributed by atoms with Crippen LogP contribution in [-0.2, 0) is 17.5 Å². The quantitative estimate of drug-likeness (QED) is 0.227. The summed E-state index contributed by atoms with van der Waals surface area (Å²) >= 11 is 7.06. The van der Waals surface area contributed by atoms with Crippen LogP contribution in [-0.4, -0.2) is 87.3 Å². The monoisotopic (exact) mass is 675 g/mol. The summed E-state index contributed by atoms with van der Waals surface area (Å²) in [6.07, 6.45) is -1.61. The van der Waals surface area contributed by atoms with Gasteiger partial charge in [0.1, 0.15) is 13.0 Å². The number of aliphatic carboxylic acids is 1. The molecule has 3 aromatic rings. The van der Waals surface area contributed by atoms with E-state index < -0.39 is 41.3 Å². The highest BCUT2D eigenvalue weighted by Gasteiger charge is 2.34. The Morgan fingerprint density at radius 3 is 2.64 bits per heavy atom. The van der Waals surface area contributed by atoms with Gasteiger partial charge in [-0.15, -0.1) is 0 Å². The number of rotatable bonds is 10. The molecule has 16 heteroatoms. The van der Waals surface area contributed by atoms with Gasteiger partial charge in [0.05, 0.1) is 28.7 Å². The highest BCUT2D eigenvalue weighted by molar-refractivity contribution is 7.16. The molecule has 0 spiro atoms. The second-order valence-corrected chi connectivity index (χ2v) is 12.4. The normalized spacial score (nSPS) is 19.5. The van der Waals surface area contributed by atoms with E-state index in [1.54, 1.807) is 9.80 Å². The lowest BCUT2D eigenvalue weighted by atomic mass is 10.1. The van der Waals surface area contributed by atoms with Gasteiger partial charge in [-0.25, -0.2) is 19.3 Å². The summed E-state index contributed by atoms with van der Waals surface area (Å²) in [5, 5.41) is 11.7. The molecule has 1 aromatic carbocycles. The number of thiazole rings is 1. The Hall–Kier alpha value is -3.14. The van der Waals surface area contributed by atoms with Gasteiger partial charge in [-0.2, -0.15) is 17.6 Å². The number of carbonyl (C=O) groups is 1. The average molecular weight is 676 g/mol. The second kappa shape index (κ2) is 14.5. The molecule has 2 aromatic heterocycles. The molecule has 0 unspecified atom stereocenters. The molecule has 9 nitrogen and oxygen atoms in total. The molecule has 2 fully saturated rings. The van der Waals surface area contributed by atoms with E-state index in [-0.39, 0.29) is 55.3 Å². The number of nitrogens with zero attached hydrogens (tertiary/aromatic N) is 6. The van der Waals surface area contributed by atoms with Crippen LogP contribution in [0.15, 0.2) is 24.5 Å². The van der Waals surface area contributed by atoms with Crippen LogP contribution in [0.3, 0.4) is 0 Å². The van der Waals surface area contributed by atoms with Crippen molar-refractivity contribution in [2.45, 2.75) is 58.4 Å². The Morgan fingerprint density at radius 2 is 1.98 bits per heavy atom. The molecule has 246 valence electrons. The fraction of sp³-hybridized carbons (Fsp3) is 0.517. The second-order valence-electron chi connectivity index (χ2n) is 10.9. The maximum atomic E-state index is 15.8. The van der Waals surface area contributed by atoms with Crippen molar-refractivity contribution in [1.29, 1.82) is 0 Å². The number of hydrogen-bond donors (Lipinski definition) is 2. The van der Waals surface area contributed by atoms with Crippen molar-refractivity contribution in [2.24, 2.45) is 0 Å². The predicted molar refractivity (Wildman–Crippen MR) is 164 cm³/mol. The van der Waals surface area contributed by atoms with Gasteiger partial charge in [0.15, 0.2) is 16.8 Å². The number of alkyl halides is 4. The Balaban J connectivity index is 0.00000461. The molecular weight excluding hydrogens is 641 g/mol. The van der Waals surface area contributed by atoms with Crippen molar-refractivity contribution >= 4 is 45.7 Å². The van der Waals surface area contributed by atoms with Gasteiger partial charge in [-0.05, 0) is 38.4 Å². The molecule has 2 atom stereocenters. The third kappa shape index (κ3) is 7.99. The van der Waals surface area contributed by atoms with Crippen LogP contribution in [0.4, 0.5) is 38.7 Å². The number of aromatic nitrogens is 3. The van der Waals surface area contributed by atoms with Crippen molar-refractivity contribution in [3.63, 3.8) is 0 Å². The minimum atomic E-state index is -4.66. The number of carboxylic acid groups (broad SMARTS) is 1. The molecule has 0 bridgehead atoms. The molecular formula is C29H35ClF5N7O2S. The van der Waals surface area contributed by atoms with Crippen LogP contribution >= 0.6 is 22.9 Å². The average Bonchev–Trinajstić information content (AvgIpc) is 3.57. The van der Waals surface area contributed by atoms with Gasteiger partial charge in [-0.1, -0.05) is 36.4 Å². The highest BCUT2D eigenvalue weighted by atomic mass is 35.5. The maximum absolute atomic E-state index is 15.8. The Labute approximate surface area is 267 Å². The lowest BCUT2D eigenvalue weighted by Gasteiger charge is -2.40. The van der Waals surface area contributed by atoms with E-state index >= 15 is 4.39 Å². The van der Waals surface area contributed by atoms with Crippen LogP contribution in [0.25, 0.3) is 11.3 Å². The van der Waals surface area contributed by atoms with Crippen LogP contribution < -0.4 is 10.2 Å². The third-order valence-electron chi connectivity index (χ3n) is 7.97. The molecule has 2 saturated heterocycles. The third-order valence-corrected chi connectivity index (χ3v) is 9.26. The highest BCUT2D eigenvalue weighted by Crippen LogP contribution is 2.40. The van der Waals surface area contributed by atoms with Crippen molar-refractivity contribution in [2.75, 3.05) is 49.6 Å². The first-order chi connectivity index (χ1) is 20.9. The molecule has 0 aliphatic carbocycles. The van der Waals surface area contributed by atoms with E-state index in [2.05, 4.69) is 32.1 Å². The molecule has 0 saturated carbocycles. The first-order valence-corrected chi connectivity index (χ1v) is 15.3. The predicted octanol–water partition coefficient (Wildman–Crippen LogP) is 6.71. The summed E-state index contributed by atoms with van der Waals surface area (Å²) in [6.45, 7) is 3.53. The number of piperazine rings is 1. The van der Waals surface area contributed by atoms with E-state index in [4.69, 9.17) is 16.7 Å². The molecule has 2 aliphatic heterocycles. The molecule has 0 radical (unpaired) electrons. The largest absolute Gasteiger partial charge is 0.481 e. The van der Waals surface area contributed by atoms with Crippen molar-refractivity contribution in [3.8, 4) is 11.3 Å². The van der Waals surface area contributed by atoms with Gasteiger partial charge < -0.3 is 15.3 Å². The summed E-state index contributed by atoms with van der Waals surface area (Å²) in [5.74, 6) is -2.01. The molecule has 5 rings (SSSR count). The Kier molecular flexibility index (Phi) is 11.2. The van der Waals surface area contributed by atoms with Crippen molar-refractivity contribution in [1.82, 2.24) is 24.8 Å². The fourth-order valence-electron chi connectivity index (χ4n) is 5.57. The minimum Gasteiger partial charge on any atom is -0.481 e. The SMILES string of the molecule is C.C[C@@H]1CCCN1Cc1sc(Nc2ncnc(N3CCN(CCC(=O)O)[C@H](CF)C3)c2F)nc1-c1ccc(Cl)c(C(F)(F)F)c1. The lowest BCUT2D eigenvalue weighted by molar-refractivity contribution is -0.138. The number of halogens is 6. The minimum absolute atomic E-state index is 0. The van der Waals surface area contributed by atoms with Crippen LogP contribution in [0, 0.1) is 5.82 Å². The van der Waals surface area contributed by atoms with Gasteiger partial charge >= 0.3 is 12.1 Å². The topological polar surface area (TPSA) is 97.7 Å². The zero-order valence-corrected chi connectivity index (χ0v) is 25.3. The Morgan fingerprint density at radius 1 is 1.20 bits per heavy atom. The van der Waals surface area contributed by atoms with E-state index in [9.17, 15) is 22.4 Å². The number of hydrogen-bond acceptors (Lipinski definition) is 9. The number of nitrogens with one attached hydrogen (secondary N) is 1. The number of benzene rings is 1. The Bertz CT molecular complexity index is 1490. The lowest BCUT2D eigenvalue weighted by Crippen LogP contribution is -2.55. The molecule has 2 N–H and O–H groups in total. The molecule has 0 amide bonds. The van der Waals surface area contributed by atoms with Crippen molar-refractivity contribution in [3.05, 3.63) is 45.8 Å². The number of anilines is 3. The smallest absolute Gasteiger partial charge is 0.417 e. The van der Waals surface area contributed by atoms with E-state index in [1.807, 2.05) is 0 Å². The van der Waals surface area contributed by atoms with E-state index in [0.29, 0.717) is 30.2 Å². The first-order valence-electron chi connectivity index (χ1n) is 14.1. The van der Waals surface area contributed by atoms with E-state index in [1.165, 1.54) is 23.5 Å². The summed E-state index contributed by atoms with van der Waals surface area (Å²) in [6, 6.07) is 3.30. The maximum Gasteiger partial charge on any atom is 0.417 e. The van der Waals surface area contributed by atoms with Gasteiger partial charge in [0.2, 0.25) is 5.82 Å². The van der Waals surface area contributed by atoms with Gasteiger partial charge in [0, 0.05) is 49.2 Å². The van der Waals surface area contributed by atoms with Crippen LogP contribution in [0.1, 0.15) is 44.1 Å². The fourth-order valence-corrected chi connectivity index (χ4v) is 6.81. The van der Waals surface area contributed by atoms with Crippen LogP contribution in [0.2, 0.25) is 5.02 Å². The molecule has 45 heavy (non-hydrogen) atoms. The number of likely N-dealkylation sites (tertiary alicyclic amines) is 1. The summed E-state index contributed by atoms with van der Waals surface area (Å²) in [7, 11) is 0. The van der Waals surface area contributed by atoms with Crippen molar-refractivity contribution < 1.29 is 31.9 Å². The first kappa shape index (κ1) is 34.7. The summed E-state index contributed by atoms with van der Waals surface area (Å²) in [5.41, 5.74) is -0.410.